The van der Waals surface area contributed by atoms with Crippen LogP contribution in [0.1, 0.15) is 31.4 Å². The number of hydrogen-bond acceptors (Lipinski definition) is 4. The largest absolute Gasteiger partial charge is 0.283 e. The molecule has 2 atom stereocenters. The summed E-state index contributed by atoms with van der Waals surface area (Å²) >= 11 is 19.4. The van der Waals surface area contributed by atoms with Crippen molar-refractivity contribution in [3.05, 3.63) is 112 Å². The number of thioether (sulfide) groups is 1. The number of amidine groups is 1. The summed E-state index contributed by atoms with van der Waals surface area (Å²) in [6.45, 7) is 4.34. The zero-order valence-electron chi connectivity index (χ0n) is 20.7. The smallest absolute Gasteiger partial charge is 0.266 e. The first-order valence-electron chi connectivity index (χ1n) is 12.1. The fraction of sp³-hybridized carbons (Fsp3) is 0.233. The van der Waals surface area contributed by atoms with Crippen LogP contribution in [0.15, 0.2) is 106 Å². The molecule has 0 fully saturated rings. The Morgan fingerprint density at radius 3 is 2.39 bits per heavy atom. The number of aliphatic imine (C=N–C) groups is 1. The molecule has 2 aromatic carbocycles. The van der Waals surface area contributed by atoms with Gasteiger partial charge in [0.2, 0.25) is 3.79 Å². The Morgan fingerprint density at radius 2 is 1.76 bits per heavy atom. The third-order valence-electron chi connectivity index (χ3n) is 6.76. The molecule has 0 aromatic heterocycles. The summed E-state index contributed by atoms with van der Waals surface area (Å²) in [6.07, 6.45) is 7.96. The van der Waals surface area contributed by atoms with Crippen LogP contribution in [0.4, 0.5) is 0 Å². The fourth-order valence-electron chi connectivity index (χ4n) is 5.09. The number of fused-ring (bicyclic) bond motifs is 1. The highest BCUT2D eigenvalue weighted by Crippen LogP contribution is 2.56. The van der Waals surface area contributed by atoms with E-state index >= 15 is 0 Å². The van der Waals surface area contributed by atoms with Crippen molar-refractivity contribution >= 4 is 64.4 Å². The molecule has 2 aliphatic heterocycles. The molecule has 0 N–H and O–H groups in total. The Kier molecular flexibility index (Phi) is 7.37. The predicted molar refractivity (Wildman–Crippen MR) is 158 cm³/mol. The number of carbonyl (C=O) groups excluding carboxylic acids is 1. The Hall–Kier alpha value is -2.75. The van der Waals surface area contributed by atoms with Gasteiger partial charge in [-0.1, -0.05) is 127 Å². The van der Waals surface area contributed by atoms with E-state index < -0.39 is 3.79 Å². The Balaban J connectivity index is 1.61. The van der Waals surface area contributed by atoms with Crippen molar-refractivity contribution in [2.75, 3.05) is 0 Å². The second-order valence-electron chi connectivity index (χ2n) is 10.1. The van der Waals surface area contributed by atoms with E-state index in [1.807, 2.05) is 66.7 Å². The van der Waals surface area contributed by atoms with E-state index in [-0.39, 0.29) is 22.5 Å². The molecular weight excluding hydrogens is 557 g/mol. The summed E-state index contributed by atoms with van der Waals surface area (Å²) in [7, 11) is 0. The van der Waals surface area contributed by atoms with Crippen LogP contribution in [-0.2, 0) is 4.79 Å². The van der Waals surface area contributed by atoms with Crippen molar-refractivity contribution in [3.63, 3.8) is 0 Å². The van der Waals surface area contributed by atoms with Gasteiger partial charge < -0.3 is 0 Å². The van der Waals surface area contributed by atoms with E-state index in [1.165, 1.54) is 6.08 Å². The molecule has 192 valence electrons. The number of benzene rings is 2. The molecule has 0 saturated heterocycles. The summed E-state index contributed by atoms with van der Waals surface area (Å²) < 4.78 is -1.50. The van der Waals surface area contributed by atoms with Crippen LogP contribution >= 0.6 is 46.6 Å². The minimum atomic E-state index is -1.50. The summed E-state index contributed by atoms with van der Waals surface area (Å²) in [5.41, 5.74) is 3.37. The van der Waals surface area contributed by atoms with Crippen molar-refractivity contribution in [1.82, 2.24) is 4.90 Å². The Morgan fingerprint density at radius 1 is 1.11 bits per heavy atom. The number of allylic oxidation sites excluding steroid dienone is 5. The number of rotatable bonds is 4. The number of nitriles is 1. The zero-order chi connectivity index (χ0) is 27.1. The van der Waals surface area contributed by atoms with Crippen LogP contribution in [0.2, 0.25) is 0 Å². The third-order valence-corrected chi connectivity index (χ3v) is 8.95. The van der Waals surface area contributed by atoms with Gasteiger partial charge in [0.1, 0.15) is 11.5 Å². The van der Waals surface area contributed by atoms with Gasteiger partial charge in [0.25, 0.3) is 5.91 Å². The molecular formula is C30H24Cl3N3OS. The van der Waals surface area contributed by atoms with Crippen molar-refractivity contribution in [1.29, 1.82) is 5.26 Å². The average molecular weight is 581 g/mol. The normalized spacial score (nSPS) is 24.1. The van der Waals surface area contributed by atoms with Crippen molar-refractivity contribution in [2.24, 2.45) is 16.3 Å². The molecule has 0 bridgehead atoms. The molecule has 1 aliphatic carbocycles. The van der Waals surface area contributed by atoms with Gasteiger partial charge in [0.05, 0.1) is 16.7 Å². The summed E-state index contributed by atoms with van der Waals surface area (Å²) in [6, 6.07) is 21.6. The summed E-state index contributed by atoms with van der Waals surface area (Å²) in [5, 5.41) is 11.1. The molecule has 2 heterocycles. The van der Waals surface area contributed by atoms with Gasteiger partial charge in [0.15, 0.2) is 0 Å². The molecule has 4 nitrogen and oxygen atoms in total. The van der Waals surface area contributed by atoms with Gasteiger partial charge >= 0.3 is 0 Å². The highest BCUT2D eigenvalue weighted by molar-refractivity contribution is 8.04. The fourth-order valence-corrected chi connectivity index (χ4v) is 6.86. The number of amides is 1. The van der Waals surface area contributed by atoms with Crippen LogP contribution in [0.5, 0.6) is 0 Å². The van der Waals surface area contributed by atoms with Crippen LogP contribution in [-0.4, -0.2) is 25.7 Å². The van der Waals surface area contributed by atoms with Crippen LogP contribution < -0.4 is 0 Å². The van der Waals surface area contributed by atoms with Crippen LogP contribution in [0, 0.1) is 22.7 Å². The lowest BCUT2D eigenvalue weighted by Crippen LogP contribution is -2.35. The molecule has 1 amide bonds. The molecule has 2 unspecified atom stereocenters. The first kappa shape index (κ1) is 26.8. The summed E-state index contributed by atoms with van der Waals surface area (Å²) in [4.78, 5) is 20.3. The van der Waals surface area contributed by atoms with E-state index in [9.17, 15) is 10.1 Å². The maximum atomic E-state index is 13.9. The molecule has 0 radical (unpaired) electrons. The highest BCUT2D eigenvalue weighted by Gasteiger charge is 2.50. The van der Waals surface area contributed by atoms with E-state index in [2.05, 4.69) is 26.0 Å². The molecule has 0 saturated carbocycles. The number of carbonyl (C=O) groups is 1. The van der Waals surface area contributed by atoms with Gasteiger partial charge in [-0.2, -0.15) is 5.26 Å². The van der Waals surface area contributed by atoms with Crippen molar-refractivity contribution < 1.29 is 4.79 Å². The Bertz CT molecular complexity index is 1460. The topological polar surface area (TPSA) is 56.5 Å². The van der Waals surface area contributed by atoms with E-state index in [4.69, 9.17) is 39.8 Å². The highest BCUT2D eigenvalue weighted by atomic mass is 35.6. The predicted octanol–water partition coefficient (Wildman–Crippen LogP) is 8.07. The second-order valence-corrected chi connectivity index (χ2v) is 13.6. The van der Waals surface area contributed by atoms with Gasteiger partial charge in [-0.05, 0) is 29.6 Å². The van der Waals surface area contributed by atoms with Crippen LogP contribution in [0.3, 0.4) is 0 Å². The first-order valence-corrected chi connectivity index (χ1v) is 14.1. The van der Waals surface area contributed by atoms with Gasteiger partial charge in [-0.25, -0.2) is 4.99 Å². The third kappa shape index (κ3) is 5.37. The van der Waals surface area contributed by atoms with Crippen molar-refractivity contribution in [3.8, 4) is 6.07 Å². The van der Waals surface area contributed by atoms with E-state index in [0.29, 0.717) is 22.1 Å². The quantitative estimate of drug-likeness (QED) is 0.271. The standard InChI is InChI=1S/C30H24Cl3N3OS/c1-29(2)17-20(13-14-30(31,32)33)15-22-23(18-34)28(38-25(22)29)36-26(21-11-7-4-8-12-21)35-24(27(36)37)16-19-9-5-3-6-10-19/h3-16,22,25H,17H2,1-2H3/b14-13+,24-16-. The number of halogens is 3. The van der Waals surface area contributed by atoms with E-state index in [1.54, 1.807) is 22.7 Å². The lowest BCUT2D eigenvalue weighted by Gasteiger charge is -2.39. The molecule has 0 spiro atoms. The molecule has 38 heavy (non-hydrogen) atoms. The molecule has 8 heteroatoms. The zero-order valence-corrected chi connectivity index (χ0v) is 23.8. The van der Waals surface area contributed by atoms with Gasteiger partial charge in [0, 0.05) is 16.7 Å². The summed E-state index contributed by atoms with van der Waals surface area (Å²) in [5.74, 6) is 0.0789. The lowest BCUT2D eigenvalue weighted by molar-refractivity contribution is -0.121. The number of nitrogens with zero attached hydrogens (tertiary/aromatic N) is 3. The minimum Gasteiger partial charge on any atom is -0.266 e. The first-order chi connectivity index (χ1) is 18.1. The van der Waals surface area contributed by atoms with Crippen molar-refractivity contribution in [2.45, 2.75) is 29.3 Å². The number of hydrogen-bond donors (Lipinski definition) is 0. The minimum absolute atomic E-state index is 0.0593. The molecule has 2 aromatic rings. The number of alkyl halides is 3. The van der Waals surface area contributed by atoms with Gasteiger partial charge in [-0.15, -0.1) is 11.8 Å². The monoisotopic (exact) mass is 579 g/mol. The van der Waals surface area contributed by atoms with Crippen LogP contribution in [0.25, 0.3) is 6.08 Å². The molecule has 5 rings (SSSR count). The average Bonchev–Trinajstić information content (AvgIpc) is 3.41. The Labute approximate surface area is 242 Å². The van der Waals surface area contributed by atoms with Gasteiger partial charge in [-0.3, -0.25) is 9.69 Å². The molecule has 3 aliphatic rings. The SMILES string of the molecule is CC1(C)CC(/C=C/C(Cl)(Cl)Cl)=CC2C(C#N)=C(N3C(=O)/C(=C/c4ccccc4)N=C3c3ccccc3)SC21. The maximum absolute atomic E-state index is 13.9. The maximum Gasteiger partial charge on any atom is 0.283 e. The second kappa shape index (κ2) is 10.4. The van der Waals surface area contributed by atoms with E-state index in [0.717, 1.165) is 23.1 Å². The lowest BCUT2D eigenvalue weighted by atomic mass is 9.70.